The summed E-state index contributed by atoms with van der Waals surface area (Å²) < 4.78 is 10.5. The van der Waals surface area contributed by atoms with Crippen LogP contribution < -0.4 is 15.8 Å². The molecule has 0 amide bonds. The van der Waals surface area contributed by atoms with Crippen LogP contribution in [0.2, 0.25) is 0 Å². The first-order valence-corrected chi connectivity index (χ1v) is 8.23. The van der Waals surface area contributed by atoms with Crippen molar-refractivity contribution in [1.82, 2.24) is 0 Å². The van der Waals surface area contributed by atoms with Gasteiger partial charge in [0.05, 0.1) is 12.8 Å². The molecule has 0 bridgehead atoms. The molecule has 1 aromatic rings. The number of nitrogens with zero attached hydrogens (tertiary/aromatic N) is 1. The largest absolute Gasteiger partial charge is 0.495 e. The van der Waals surface area contributed by atoms with E-state index in [-0.39, 0.29) is 29.9 Å². The monoisotopic (exact) mass is 463 g/mol. The third kappa shape index (κ3) is 10.9. The van der Waals surface area contributed by atoms with E-state index in [0.717, 1.165) is 24.9 Å². The molecule has 0 aromatic heterocycles. The van der Waals surface area contributed by atoms with Crippen molar-refractivity contribution < 1.29 is 14.3 Å². The zero-order valence-corrected chi connectivity index (χ0v) is 17.8. The number of esters is 1. The van der Waals surface area contributed by atoms with E-state index < -0.39 is 5.60 Å². The molecule has 1 rings (SSSR count). The van der Waals surface area contributed by atoms with Gasteiger partial charge in [0.2, 0.25) is 0 Å². The lowest BCUT2D eigenvalue weighted by atomic mass is 10.1. The van der Waals surface area contributed by atoms with E-state index in [1.165, 1.54) is 0 Å². The molecule has 0 aliphatic carbocycles. The molecule has 142 valence electrons. The van der Waals surface area contributed by atoms with E-state index >= 15 is 0 Å². The Labute approximate surface area is 167 Å². The van der Waals surface area contributed by atoms with Gasteiger partial charge in [0.15, 0.2) is 5.96 Å². The Kier molecular flexibility index (Phi) is 11.2. The Balaban J connectivity index is 0.00000576. The molecule has 1 aromatic carbocycles. The number of ether oxygens (including phenoxy) is 2. The van der Waals surface area contributed by atoms with E-state index in [1.807, 2.05) is 45.0 Å². The molecule has 0 radical (unpaired) electrons. The molecule has 0 unspecified atom stereocenters. The average Bonchev–Trinajstić information content (AvgIpc) is 2.49. The van der Waals surface area contributed by atoms with Gasteiger partial charge in [0.25, 0.3) is 0 Å². The number of rotatable bonds is 8. The molecule has 7 heteroatoms. The number of aliphatic imine (C=N–C) groups is 1. The van der Waals surface area contributed by atoms with E-state index in [9.17, 15) is 4.79 Å². The first-order chi connectivity index (χ1) is 11.3. The predicted octanol–water partition coefficient (Wildman–Crippen LogP) is 3.94. The standard InChI is InChI=1S/C18H29N3O3.HI/c1-18(2,3)24-16(22)12-6-5-9-13-20-17(19)21-14-10-7-8-11-15(14)23-4;/h7-8,10-11H,5-6,9,12-13H2,1-4H3,(H3,19,20,21);1H. The third-order valence-corrected chi connectivity index (χ3v) is 3.11. The Hall–Kier alpha value is -1.51. The van der Waals surface area contributed by atoms with E-state index in [1.54, 1.807) is 7.11 Å². The van der Waals surface area contributed by atoms with Crippen molar-refractivity contribution in [2.75, 3.05) is 19.0 Å². The summed E-state index contributed by atoms with van der Waals surface area (Å²) in [6.07, 6.45) is 3.02. The number of para-hydroxylation sites is 2. The summed E-state index contributed by atoms with van der Waals surface area (Å²) in [6.45, 7) is 6.23. The van der Waals surface area contributed by atoms with E-state index in [4.69, 9.17) is 15.2 Å². The lowest BCUT2D eigenvalue weighted by Crippen LogP contribution is -2.23. The molecular weight excluding hydrogens is 433 g/mol. The van der Waals surface area contributed by atoms with Gasteiger partial charge in [0, 0.05) is 13.0 Å². The van der Waals surface area contributed by atoms with Crippen LogP contribution in [0.3, 0.4) is 0 Å². The molecule has 0 aliphatic heterocycles. The van der Waals surface area contributed by atoms with Crippen LogP contribution in [0.15, 0.2) is 29.3 Å². The minimum absolute atomic E-state index is 0. The first kappa shape index (κ1) is 23.5. The van der Waals surface area contributed by atoms with Crippen LogP contribution in [0.5, 0.6) is 5.75 Å². The Morgan fingerprint density at radius 2 is 1.88 bits per heavy atom. The summed E-state index contributed by atoms with van der Waals surface area (Å²) >= 11 is 0. The topological polar surface area (TPSA) is 85.9 Å². The molecule has 0 fully saturated rings. The number of halogens is 1. The van der Waals surface area contributed by atoms with Crippen LogP contribution in [0.1, 0.15) is 46.5 Å². The number of carbonyl (C=O) groups is 1. The van der Waals surface area contributed by atoms with Crippen LogP contribution in [0, 0.1) is 0 Å². The van der Waals surface area contributed by atoms with Crippen molar-refractivity contribution in [3.63, 3.8) is 0 Å². The van der Waals surface area contributed by atoms with Gasteiger partial charge in [0.1, 0.15) is 11.4 Å². The number of benzene rings is 1. The second-order valence-corrected chi connectivity index (χ2v) is 6.49. The van der Waals surface area contributed by atoms with Gasteiger partial charge in [-0.15, -0.1) is 24.0 Å². The molecule has 25 heavy (non-hydrogen) atoms. The van der Waals surface area contributed by atoms with Gasteiger partial charge in [-0.1, -0.05) is 18.6 Å². The zero-order chi connectivity index (χ0) is 18.0. The fourth-order valence-electron chi connectivity index (χ4n) is 2.08. The van der Waals surface area contributed by atoms with Gasteiger partial charge in [-0.3, -0.25) is 9.79 Å². The minimum Gasteiger partial charge on any atom is -0.495 e. The number of methoxy groups -OCH3 is 1. The average molecular weight is 463 g/mol. The third-order valence-electron chi connectivity index (χ3n) is 3.11. The molecule has 0 saturated carbocycles. The van der Waals surface area contributed by atoms with E-state index in [0.29, 0.717) is 24.7 Å². The highest BCUT2D eigenvalue weighted by Gasteiger charge is 2.15. The highest BCUT2D eigenvalue weighted by Crippen LogP contribution is 2.22. The normalized spacial score (nSPS) is 11.4. The highest BCUT2D eigenvalue weighted by atomic mass is 127. The lowest BCUT2D eigenvalue weighted by Gasteiger charge is -2.19. The van der Waals surface area contributed by atoms with Crippen LogP contribution in [-0.4, -0.2) is 31.2 Å². The van der Waals surface area contributed by atoms with Gasteiger partial charge in [-0.2, -0.15) is 0 Å². The molecule has 0 saturated heterocycles. The molecule has 0 heterocycles. The summed E-state index contributed by atoms with van der Waals surface area (Å²) in [5, 5.41) is 3.02. The number of nitrogens with one attached hydrogen (secondary N) is 1. The number of nitrogens with two attached hydrogens (primary N) is 1. The molecule has 6 nitrogen and oxygen atoms in total. The number of carbonyl (C=O) groups excluding carboxylic acids is 1. The molecular formula is C18H30IN3O3. The fourth-order valence-corrected chi connectivity index (χ4v) is 2.08. The summed E-state index contributed by atoms with van der Waals surface area (Å²) in [4.78, 5) is 15.9. The number of anilines is 1. The summed E-state index contributed by atoms with van der Waals surface area (Å²) in [6, 6.07) is 7.52. The molecule has 3 N–H and O–H groups in total. The SMILES string of the molecule is COc1ccccc1NC(N)=NCCCCCC(=O)OC(C)(C)C.I. The predicted molar refractivity (Wildman–Crippen MR) is 113 cm³/mol. The number of hydrogen-bond acceptors (Lipinski definition) is 4. The second-order valence-electron chi connectivity index (χ2n) is 6.49. The smallest absolute Gasteiger partial charge is 0.306 e. The minimum atomic E-state index is -0.417. The Morgan fingerprint density at radius 1 is 1.20 bits per heavy atom. The second kappa shape index (κ2) is 11.9. The highest BCUT2D eigenvalue weighted by molar-refractivity contribution is 14.0. The van der Waals surface area contributed by atoms with Crippen LogP contribution in [0.4, 0.5) is 5.69 Å². The van der Waals surface area contributed by atoms with Crippen molar-refractivity contribution in [2.45, 2.75) is 52.1 Å². The van der Waals surface area contributed by atoms with Gasteiger partial charge in [-0.05, 0) is 45.7 Å². The number of guanidine groups is 1. The zero-order valence-electron chi connectivity index (χ0n) is 15.5. The van der Waals surface area contributed by atoms with Crippen molar-refractivity contribution >= 4 is 41.6 Å². The summed E-state index contributed by atoms with van der Waals surface area (Å²) in [5.41, 5.74) is 6.24. The van der Waals surface area contributed by atoms with Gasteiger partial charge >= 0.3 is 5.97 Å². The first-order valence-electron chi connectivity index (χ1n) is 8.23. The van der Waals surface area contributed by atoms with Crippen molar-refractivity contribution in [2.24, 2.45) is 10.7 Å². The summed E-state index contributed by atoms with van der Waals surface area (Å²) in [7, 11) is 1.61. The van der Waals surface area contributed by atoms with Gasteiger partial charge in [-0.25, -0.2) is 0 Å². The maximum atomic E-state index is 11.6. The Bertz CT molecular complexity index is 557. The van der Waals surface area contributed by atoms with Crippen LogP contribution >= 0.6 is 24.0 Å². The molecule has 0 atom stereocenters. The molecule has 0 aliphatic rings. The van der Waals surface area contributed by atoms with Crippen LogP contribution in [-0.2, 0) is 9.53 Å². The van der Waals surface area contributed by atoms with Crippen LogP contribution in [0.25, 0.3) is 0 Å². The molecule has 0 spiro atoms. The van der Waals surface area contributed by atoms with Crippen molar-refractivity contribution in [3.05, 3.63) is 24.3 Å². The van der Waals surface area contributed by atoms with Crippen molar-refractivity contribution in [1.29, 1.82) is 0 Å². The lowest BCUT2D eigenvalue weighted by molar-refractivity contribution is -0.154. The fraction of sp³-hybridized carbons (Fsp3) is 0.556. The maximum Gasteiger partial charge on any atom is 0.306 e. The van der Waals surface area contributed by atoms with Crippen molar-refractivity contribution in [3.8, 4) is 5.75 Å². The summed E-state index contributed by atoms with van der Waals surface area (Å²) in [5.74, 6) is 0.919. The quantitative estimate of drug-likeness (QED) is 0.201. The van der Waals surface area contributed by atoms with Gasteiger partial charge < -0.3 is 20.5 Å². The number of hydrogen-bond donors (Lipinski definition) is 2. The Morgan fingerprint density at radius 3 is 2.52 bits per heavy atom. The van der Waals surface area contributed by atoms with E-state index in [2.05, 4.69) is 10.3 Å². The maximum absolute atomic E-state index is 11.6. The number of unbranched alkanes of at least 4 members (excludes halogenated alkanes) is 2.